The van der Waals surface area contributed by atoms with Crippen molar-refractivity contribution in [3.05, 3.63) is 41.1 Å². The summed E-state index contributed by atoms with van der Waals surface area (Å²) in [7, 11) is 0. The first-order valence-corrected chi connectivity index (χ1v) is 8.60. The Balaban J connectivity index is 2.46. The van der Waals surface area contributed by atoms with Gasteiger partial charge in [-0.2, -0.15) is 31.3 Å². The predicted molar refractivity (Wildman–Crippen MR) is 95.8 cm³/mol. The maximum atomic E-state index is 13.2. The molecule has 1 aromatic heterocycles. The number of alkyl halides is 6. The van der Waals surface area contributed by atoms with Gasteiger partial charge >= 0.3 is 12.4 Å². The Morgan fingerprint density at radius 1 is 1.03 bits per heavy atom. The van der Waals surface area contributed by atoms with Crippen molar-refractivity contribution in [2.45, 2.75) is 39.2 Å². The van der Waals surface area contributed by atoms with Crippen LogP contribution in [0.3, 0.4) is 0 Å². The molecule has 5 nitrogen and oxygen atoms in total. The fraction of sp³-hybridized carbons (Fsp3) is 0.444. The number of anilines is 3. The fourth-order valence-electron chi connectivity index (χ4n) is 2.53. The van der Waals surface area contributed by atoms with Crippen LogP contribution in [0.4, 0.5) is 43.8 Å². The number of halogens is 6. The SMILES string of the molecule is Cc1c(Nc2cc(C(F)(F)F)nc(N[C@H](CO)C(C)C)n2)cccc1C(F)(F)F. The van der Waals surface area contributed by atoms with Crippen molar-refractivity contribution in [2.75, 3.05) is 17.2 Å². The molecule has 0 fully saturated rings. The lowest BCUT2D eigenvalue weighted by Gasteiger charge is -2.21. The molecule has 3 N–H and O–H groups in total. The Kier molecular flexibility index (Phi) is 6.61. The molecule has 0 spiro atoms. The van der Waals surface area contributed by atoms with Crippen LogP contribution >= 0.6 is 0 Å². The molecular weight excluding hydrogens is 402 g/mol. The molecule has 1 atom stereocenters. The number of nitrogens with zero attached hydrogens (tertiary/aromatic N) is 2. The minimum Gasteiger partial charge on any atom is -0.394 e. The molecule has 11 heteroatoms. The fourth-order valence-corrected chi connectivity index (χ4v) is 2.53. The molecule has 0 radical (unpaired) electrons. The zero-order valence-electron chi connectivity index (χ0n) is 15.8. The molecule has 1 aromatic carbocycles. The molecule has 0 saturated carbocycles. The van der Waals surface area contributed by atoms with Gasteiger partial charge in [0.2, 0.25) is 5.95 Å². The summed E-state index contributed by atoms with van der Waals surface area (Å²) in [6, 6.07) is 3.32. The Labute approximate surface area is 163 Å². The van der Waals surface area contributed by atoms with Crippen LogP contribution < -0.4 is 10.6 Å². The highest BCUT2D eigenvalue weighted by molar-refractivity contribution is 5.63. The Morgan fingerprint density at radius 3 is 2.21 bits per heavy atom. The molecule has 2 aromatic rings. The minimum absolute atomic E-state index is 0.0415. The van der Waals surface area contributed by atoms with Crippen molar-refractivity contribution in [2.24, 2.45) is 5.92 Å². The summed E-state index contributed by atoms with van der Waals surface area (Å²) in [6.45, 7) is 4.32. The van der Waals surface area contributed by atoms with Crippen molar-refractivity contribution in [1.82, 2.24) is 9.97 Å². The van der Waals surface area contributed by atoms with E-state index >= 15 is 0 Å². The first kappa shape index (κ1) is 22.7. The van der Waals surface area contributed by atoms with E-state index < -0.39 is 35.6 Å². The summed E-state index contributed by atoms with van der Waals surface area (Å²) in [4.78, 5) is 7.34. The molecule has 1 heterocycles. The van der Waals surface area contributed by atoms with Crippen LogP contribution in [0.15, 0.2) is 24.3 Å². The highest BCUT2D eigenvalue weighted by Crippen LogP contribution is 2.36. The van der Waals surface area contributed by atoms with Gasteiger partial charge in [0.1, 0.15) is 5.82 Å². The molecule has 0 saturated heterocycles. The molecule has 0 amide bonds. The molecule has 0 unspecified atom stereocenters. The number of hydrogen-bond acceptors (Lipinski definition) is 5. The number of aliphatic hydroxyl groups is 1. The summed E-state index contributed by atoms with van der Waals surface area (Å²) in [5, 5.41) is 14.5. The zero-order chi connectivity index (χ0) is 22.0. The lowest BCUT2D eigenvalue weighted by atomic mass is 10.1. The molecule has 0 aliphatic rings. The van der Waals surface area contributed by atoms with Crippen LogP contribution in [-0.2, 0) is 12.4 Å². The minimum atomic E-state index is -4.80. The third-order valence-electron chi connectivity index (χ3n) is 4.23. The third kappa shape index (κ3) is 5.72. The number of hydrogen-bond donors (Lipinski definition) is 3. The summed E-state index contributed by atoms with van der Waals surface area (Å²) in [6.07, 6.45) is -9.41. The molecule has 0 aliphatic carbocycles. The van der Waals surface area contributed by atoms with E-state index in [4.69, 9.17) is 0 Å². The lowest BCUT2D eigenvalue weighted by molar-refractivity contribution is -0.141. The summed E-state index contributed by atoms with van der Waals surface area (Å²) >= 11 is 0. The average Bonchev–Trinajstić information content (AvgIpc) is 2.59. The quantitative estimate of drug-likeness (QED) is 0.572. The molecule has 2 rings (SSSR count). The molecule has 0 aliphatic heterocycles. The van der Waals surface area contributed by atoms with Crippen LogP contribution in [-0.4, -0.2) is 27.7 Å². The van der Waals surface area contributed by atoms with Crippen LogP contribution in [0.5, 0.6) is 0 Å². The maximum Gasteiger partial charge on any atom is 0.433 e. The van der Waals surface area contributed by atoms with Gasteiger partial charge in [0.15, 0.2) is 5.69 Å². The van der Waals surface area contributed by atoms with E-state index in [0.29, 0.717) is 6.07 Å². The van der Waals surface area contributed by atoms with Gasteiger partial charge < -0.3 is 15.7 Å². The van der Waals surface area contributed by atoms with E-state index in [0.717, 1.165) is 12.1 Å². The van der Waals surface area contributed by atoms with Gasteiger partial charge in [0.25, 0.3) is 0 Å². The second-order valence-corrected chi connectivity index (χ2v) is 6.74. The van der Waals surface area contributed by atoms with Crippen LogP contribution in [0.25, 0.3) is 0 Å². The van der Waals surface area contributed by atoms with Crippen LogP contribution in [0, 0.1) is 12.8 Å². The van der Waals surface area contributed by atoms with Gasteiger partial charge in [-0.3, -0.25) is 0 Å². The largest absolute Gasteiger partial charge is 0.433 e. The standard InChI is InChI=1S/C18H20F6N4O/c1-9(2)13(8-29)26-16-27-14(18(22,23)24)7-15(28-16)25-12-6-4-5-11(10(12)3)17(19,20)21/h4-7,9,13,29H,8H2,1-3H3,(H2,25,26,27,28)/t13-/m1/s1. The van der Waals surface area contributed by atoms with Crippen molar-refractivity contribution in [3.8, 4) is 0 Å². The second kappa shape index (κ2) is 8.44. The smallest absolute Gasteiger partial charge is 0.394 e. The van der Waals surface area contributed by atoms with Gasteiger partial charge in [0.05, 0.1) is 18.2 Å². The summed E-state index contributed by atoms with van der Waals surface area (Å²) < 4.78 is 78.9. The van der Waals surface area contributed by atoms with Crippen LogP contribution in [0.2, 0.25) is 0 Å². The highest BCUT2D eigenvalue weighted by atomic mass is 19.4. The number of rotatable bonds is 6. The van der Waals surface area contributed by atoms with E-state index in [9.17, 15) is 31.4 Å². The Hall–Kier alpha value is -2.56. The van der Waals surface area contributed by atoms with Crippen molar-refractivity contribution in [1.29, 1.82) is 0 Å². The van der Waals surface area contributed by atoms with Gasteiger partial charge in [-0.05, 0) is 30.5 Å². The highest BCUT2D eigenvalue weighted by Gasteiger charge is 2.35. The van der Waals surface area contributed by atoms with Crippen molar-refractivity contribution < 1.29 is 31.4 Å². The number of aliphatic hydroxyl groups excluding tert-OH is 1. The monoisotopic (exact) mass is 422 g/mol. The van der Waals surface area contributed by atoms with E-state index in [1.165, 1.54) is 13.0 Å². The molecule has 160 valence electrons. The summed E-state index contributed by atoms with van der Waals surface area (Å²) in [5.74, 6) is -0.877. The molecule has 0 bridgehead atoms. The number of aromatic nitrogens is 2. The van der Waals surface area contributed by atoms with Gasteiger partial charge in [-0.1, -0.05) is 19.9 Å². The number of benzene rings is 1. The van der Waals surface area contributed by atoms with Crippen molar-refractivity contribution >= 4 is 17.5 Å². The van der Waals surface area contributed by atoms with E-state index in [2.05, 4.69) is 20.6 Å². The topological polar surface area (TPSA) is 70.1 Å². The first-order chi connectivity index (χ1) is 13.3. The zero-order valence-corrected chi connectivity index (χ0v) is 15.8. The van der Waals surface area contributed by atoms with Crippen LogP contribution in [0.1, 0.15) is 30.7 Å². The van der Waals surface area contributed by atoms with Crippen molar-refractivity contribution in [3.63, 3.8) is 0 Å². The summed E-state index contributed by atoms with van der Waals surface area (Å²) in [5.41, 5.74) is -2.41. The van der Waals surface area contributed by atoms with E-state index in [1.54, 1.807) is 13.8 Å². The van der Waals surface area contributed by atoms with Gasteiger partial charge in [-0.15, -0.1) is 0 Å². The van der Waals surface area contributed by atoms with E-state index in [-0.39, 0.29) is 29.6 Å². The number of nitrogens with one attached hydrogen (secondary N) is 2. The third-order valence-corrected chi connectivity index (χ3v) is 4.23. The first-order valence-electron chi connectivity index (χ1n) is 8.60. The lowest BCUT2D eigenvalue weighted by Crippen LogP contribution is -2.30. The van der Waals surface area contributed by atoms with E-state index in [1.807, 2.05) is 0 Å². The molecular formula is C18H20F6N4O. The second-order valence-electron chi connectivity index (χ2n) is 6.74. The normalized spacial score (nSPS) is 13.5. The Bertz CT molecular complexity index is 851. The maximum absolute atomic E-state index is 13.2. The Morgan fingerprint density at radius 2 is 1.69 bits per heavy atom. The average molecular weight is 422 g/mol. The predicted octanol–water partition coefficient (Wildman–Crippen LogP) is 5.00. The van der Waals surface area contributed by atoms with Gasteiger partial charge in [0, 0.05) is 11.8 Å². The molecule has 29 heavy (non-hydrogen) atoms. The van der Waals surface area contributed by atoms with Gasteiger partial charge in [-0.25, -0.2) is 4.98 Å².